The molecule has 0 saturated heterocycles. The van der Waals surface area contributed by atoms with Gasteiger partial charge in [-0.3, -0.25) is 0 Å². The Labute approximate surface area is 122 Å². The maximum atomic E-state index is 9.68. The van der Waals surface area contributed by atoms with Crippen LogP contribution in [0.2, 0.25) is 0 Å². The molecule has 0 heterocycles. The van der Waals surface area contributed by atoms with Gasteiger partial charge in [0, 0.05) is 0 Å². The Morgan fingerprint density at radius 2 is 1.38 bits per heavy atom. The third-order valence-corrected chi connectivity index (χ3v) is 3.08. The fourth-order valence-corrected chi connectivity index (χ4v) is 1.74. The summed E-state index contributed by atoms with van der Waals surface area (Å²) >= 11 is 0. The molecule has 1 aromatic carbocycles. The van der Waals surface area contributed by atoms with Gasteiger partial charge >= 0.3 is 0 Å². The van der Waals surface area contributed by atoms with Crippen molar-refractivity contribution in [3.05, 3.63) is 35.9 Å². The van der Waals surface area contributed by atoms with Crippen LogP contribution in [0.4, 0.5) is 0 Å². The van der Waals surface area contributed by atoms with Gasteiger partial charge in [0.05, 0.1) is 19.8 Å². The van der Waals surface area contributed by atoms with E-state index in [1.807, 2.05) is 30.3 Å². The number of rotatable bonds is 9. The van der Waals surface area contributed by atoms with E-state index < -0.39 is 37.1 Å². The molecule has 0 fully saturated rings. The average Bonchev–Trinajstić information content (AvgIpc) is 2.52. The summed E-state index contributed by atoms with van der Waals surface area (Å²) in [6.45, 7) is -0.802. The highest BCUT2D eigenvalue weighted by Crippen LogP contribution is 2.10. The van der Waals surface area contributed by atoms with Gasteiger partial charge < -0.3 is 35.4 Å². The van der Waals surface area contributed by atoms with E-state index in [1.165, 1.54) is 0 Å². The van der Waals surface area contributed by atoms with E-state index in [9.17, 15) is 20.4 Å². The second kappa shape index (κ2) is 9.06. The molecule has 21 heavy (non-hydrogen) atoms. The fraction of sp³-hybridized carbons (Fsp3) is 0.571. The minimum Gasteiger partial charge on any atom is -0.394 e. The summed E-state index contributed by atoms with van der Waals surface area (Å²) in [5.41, 5.74) is 0.885. The van der Waals surface area contributed by atoms with Crippen LogP contribution < -0.4 is 0 Å². The van der Waals surface area contributed by atoms with Gasteiger partial charge in [0.15, 0.2) is 0 Å². The van der Waals surface area contributed by atoms with Crippen molar-refractivity contribution in [2.45, 2.75) is 37.1 Å². The maximum absolute atomic E-state index is 9.68. The lowest BCUT2D eigenvalue weighted by Crippen LogP contribution is -2.51. The summed E-state index contributed by atoms with van der Waals surface area (Å²) in [6.07, 6.45) is -8.33. The zero-order valence-electron chi connectivity index (χ0n) is 11.5. The molecule has 5 atom stereocenters. The highest BCUT2D eigenvalue weighted by atomic mass is 16.5. The average molecular weight is 302 g/mol. The molecule has 1 aromatic rings. The first-order valence-corrected chi connectivity index (χ1v) is 6.60. The molecule has 0 amide bonds. The maximum Gasteiger partial charge on any atom is 0.111 e. The summed E-state index contributed by atoms with van der Waals surface area (Å²) < 4.78 is 5.20. The highest BCUT2D eigenvalue weighted by Gasteiger charge is 2.34. The van der Waals surface area contributed by atoms with Crippen molar-refractivity contribution in [1.29, 1.82) is 0 Å². The molecule has 120 valence electrons. The number of hydrogen-bond acceptors (Lipinski definition) is 7. The van der Waals surface area contributed by atoms with Gasteiger partial charge in [0.25, 0.3) is 0 Å². The molecule has 1 unspecified atom stereocenters. The van der Waals surface area contributed by atoms with Crippen LogP contribution in [-0.2, 0) is 11.3 Å². The molecule has 6 N–H and O–H groups in total. The molecular formula is C14H22O7. The lowest BCUT2D eigenvalue weighted by molar-refractivity contribution is -0.150. The van der Waals surface area contributed by atoms with Gasteiger partial charge in [0.1, 0.15) is 30.5 Å². The summed E-state index contributed by atoms with van der Waals surface area (Å²) in [5, 5.41) is 56.2. The van der Waals surface area contributed by atoms with Crippen molar-refractivity contribution in [2.75, 3.05) is 13.2 Å². The summed E-state index contributed by atoms with van der Waals surface area (Å²) in [4.78, 5) is 0. The summed E-state index contributed by atoms with van der Waals surface area (Å²) in [5.74, 6) is 0. The molecule has 0 aromatic heterocycles. The van der Waals surface area contributed by atoms with Crippen LogP contribution in [0.1, 0.15) is 5.56 Å². The van der Waals surface area contributed by atoms with Crippen molar-refractivity contribution < 1.29 is 35.4 Å². The topological polar surface area (TPSA) is 131 Å². The molecule has 7 nitrogen and oxygen atoms in total. The Balaban J connectivity index is 2.38. The predicted octanol–water partition coefficient (Wildman–Crippen LogP) is -2.00. The van der Waals surface area contributed by atoms with E-state index in [1.54, 1.807) is 0 Å². The quantitative estimate of drug-likeness (QED) is 0.311. The molecule has 0 aliphatic carbocycles. The second-order valence-corrected chi connectivity index (χ2v) is 4.79. The normalized spacial score (nSPS) is 18.8. The minimum atomic E-state index is -1.80. The number of aliphatic hydroxyl groups is 6. The standard InChI is InChI=1S/C14H22O7/c15-6-10(16)12(18)14(20)13(19)11(17)8-21-7-9-4-2-1-3-5-9/h1-5,10-20H,6-8H2/t10?,11-,12-,13-,14-/m1/s1. The smallest absolute Gasteiger partial charge is 0.111 e. The predicted molar refractivity (Wildman–Crippen MR) is 73.2 cm³/mol. The second-order valence-electron chi connectivity index (χ2n) is 4.79. The summed E-state index contributed by atoms with van der Waals surface area (Å²) in [7, 11) is 0. The van der Waals surface area contributed by atoms with Crippen molar-refractivity contribution in [3.63, 3.8) is 0 Å². The minimum absolute atomic E-state index is 0.225. The molecule has 7 heteroatoms. The SMILES string of the molecule is OCC(O)[C@@H](O)[C@@H](O)[C@H](O)[C@H](O)COCc1ccccc1. The largest absolute Gasteiger partial charge is 0.394 e. The van der Waals surface area contributed by atoms with E-state index in [-0.39, 0.29) is 13.2 Å². The van der Waals surface area contributed by atoms with Crippen molar-refractivity contribution in [2.24, 2.45) is 0 Å². The lowest BCUT2D eigenvalue weighted by Gasteiger charge is -2.28. The molecule has 0 aliphatic heterocycles. The number of aliphatic hydroxyl groups excluding tert-OH is 6. The number of benzene rings is 1. The van der Waals surface area contributed by atoms with Gasteiger partial charge in [-0.2, -0.15) is 0 Å². The van der Waals surface area contributed by atoms with Crippen LogP contribution in [0.15, 0.2) is 30.3 Å². The first-order valence-electron chi connectivity index (χ1n) is 6.60. The first-order chi connectivity index (χ1) is 9.97. The van der Waals surface area contributed by atoms with Crippen molar-refractivity contribution >= 4 is 0 Å². The lowest BCUT2D eigenvalue weighted by atomic mass is 10.00. The van der Waals surface area contributed by atoms with Gasteiger partial charge in [-0.05, 0) is 5.56 Å². The first kappa shape index (κ1) is 18.0. The molecule has 0 radical (unpaired) electrons. The third kappa shape index (κ3) is 5.68. The van der Waals surface area contributed by atoms with E-state index in [0.717, 1.165) is 5.56 Å². The van der Waals surface area contributed by atoms with Gasteiger partial charge in [0.2, 0.25) is 0 Å². The van der Waals surface area contributed by atoms with Crippen LogP contribution >= 0.6 is 0 Å². The Kier molecular flexibility index (Phi) is 7.76. The Hall–Kier alpha value is -1.06. The molecule has 0 spiro atoms. The number of hydrogen-bond donors (Lipinski definition) is 6. The van der Waals surface area contributed by atoms with Crippen molar-refractivity contribution in [3.8, 4) is 0 Å². The van der Waals surface area contributed by atoms with Crippen LogP contribution in [-0.4, -0.2) is 74.4 Å². The monoisotopic (exact) mass is 302 g/mol. The molecule has 0 saturated carbocycles. The van der Waals surface area contributed by atoms with Gasteiger partial charge in [-0.1, -0.05) is 30.3 Å². The zero-order valence-corrected chi connectivity index (χ0v) is 11.5. The van der Waals surface area contributed by atoms with E-state index in [2.05, 4.69) is 0 Å². The van der Waals surface area contributed by atoms with Crippen LogP contribution in [0, 0.1) is 0 Å². The van der Waals surface area contributed by atoms with Crippen molar-refractivity contribution in [1.82, 2.24) is 0 Å². The Morgan fingerprint density at radius 1 is 0.810 bits per heavy atom. The Bertz CT molecular complexity index is 386. The fourth-order valence-electron chi connectivity index (χ4n) is 1.74. The van der Waals surface area contributed by atoms with Crippen LogP contribution in [0.3, 0.4) is 0 Å². The third-order valence-electron chi connectivity index (χ3n) is 3.08. The highest BCUT2D eigenvalue weighted by molar-refractivity contribution is 5.13. The van der Waals surface area contributed by atoms with Gasteiger partial charge in [-0.25, -0.2) is 0 Å². The molecule has 0 aliphatic rings. The van der Waals surface area contributed by atoms with E-state index >= 15 is 0 Å². The molecule has 0 bridgehead atoms. The van der Waals surface area contributed by atoms with Gasteiger partial charge in [-0.15, -0.1) is 0 Å². The van der Waals surface area contributed by atoms with E-state index in [4.69, 9.17) is 14.9 Å². The summed E-state index contributed by atoms with van der Waals surface area (Å²) in [6, 6.07) is 9.19. The van der Waals surface area contributed by atoms with Crippen LogP contribution in [0.5, 0.6) is 0 Å². The van der Waals surface area contributed by atoms with Crippen LogP contribution in [0.25, 0.3) is 0 Å². The molecule has 1 rings (SSSR count). The Morgan fingerprint density at radius 3 is 1.95 bits per heavy atom. The van der Waals surface area contributed by atoms with E-state index in [0.29, 0.717) is 0 Å². The molecular weight excluding hydrogens is 280 g/mol. The zero-order chi connectivity index (χ0) is 15.8. The number of ether oxygens (including phenoxy) is 1.